The van der Waals surface area contributed by atoms with E-state index in [1.165, 1.54) is 0 Å². The predicted octanol–water partition coefficient (Wildman–Crippen LogP) is 7.69. The maximum atomic E-state index is 13.9. The number of anilines is 1. The van der Waals surface area contributed by atoms with Crippen LogP contribution in [0.25, 0.3) is 22.5 Å². The number of carbonyl (C=O) groups excluding carboxylic acids is 2. The van der Waals surface area contributed by atoms with Crippen LogP contribution in [0.3, 0.4) is 0 Å². The molecule has 2 N–H and O–H groups in total. The first kappa shape index (κ1) is 41.5. The molecule has 0 saturated heterocycles. The highest BCUT2D eigenvalue weighted by atomic mass is 16.7. The second kappa shape index (κ2) is 17.3. The summed E-state index contributed by atoms with van der Waals surface area (Å²) in [5, 5.41) is 28.3. The van der Waals surface area contributed by atoms with Crippen molar-refractivity contribution < 1.29 is 28.9 Å². The molecule has 308 valence electrons. The molecule has 2 atom stereocenters. The van der Waals surface area contributed by atoms with E-state index >= 15 is 0 Å². The molecule has 7 rings (SSSR count). The van der Waals surface area contributed by atoms with E-state index in [2.05, 4.69) is 46.9 Å². The maximum absolute atomic E-state index is 13.9. The monoisotopic (exact) mass is 806 g/mol. The van der Waals surface area contributed by atoms with Gasteiger partial charge in [0.2, 0.25) is 6.79 Å². The molecule has 0 bridgehead atoms. The number of aliphatic hydroxyl groups excluding tert-OH is 1. The molecule has 6 aromatic rings. The molecule has 0 fully saturated rings. The van der Waals surface area contributed by atoms with Gasteiger partial charge in [0.1, 0.15) is 11.2 Å². The number of esters is 2. The van der Waals surface area contributed by atoms with Gasteiger partial charge >= 0.3 is 11.9 Å². The fraction of sp³-hybridized carbons (Fsp3) is 0.271. The van der Waals surface area contributed by atoms with E-state index in [4.69, 9.17) is 24.5 Å². The van der Waals surface area contributed by atoms with Crippen molar-refractivity contribution in [1.29, 1.82) is 0 Å². The van der Waals surface area contributed by atoms with Crippen molar-refractivity contribution in [2.24, 2.45) is 5.41 Å². The van der Waals surface area contributed by atoms with Crippen LogP contribution in [0.1, 0.15) is 57.7 Å². The normalized spacial score (nSPS) is 16.0. The van der Waals surface area contributed by atoms with Crippen molar-refractivity contribution in [2.45, 2.75) is 58.3 Å². The molecule has 60 heavy (non-hydrogen) atoms. The standard InChI is InChI=1S/C48H50N6O6/c1-7-40(55)41-42(44(56)59-32-60-45(57)46(2,3)4)53(47(5,49-41)31-58-6)37-29-27-33(28-30-37)38-25-17-18-26-39(38)43-50-51-52-54(43)48(34-19-11-8-12-20-34,35-21-13-9-14-22-35)36-23-15-10-16-24-36/h8-30,40,49,55H,7,31-32H2,1-6H3. The van der Waals surface area contributed by atoms with Crippen LogP contribution in [0, 0.1) is 5.41 Å². The topological polar surface area (TPSA) is 141 Å². The van der Waals surface area contributed by atoms with Crippen molar-refractivity contribution in [1.82, 2.24) is 25.5 Å². The number of aromatic nitrogens is 4. The summed E-state index contributed by atoms with van der Waals surface area (Å²) < 4.78 is 18.4. The molecule has 0 aliphatic carbocycles. The number of carbonyl (C=O) groups is 2. The summed E-state index contributed by atoms with van der Waals surface area (Å²) in [6.45, 7) is 8.39. The maximum Gasteiger partial charge on any atom is 0.359 e. The van der Waals surface area contributed by atoms with Crippen molar-refractivity contribution in [3.63, 3.8) is 0 Å². The number of ether oxygens (including phenoxy) is 3. The first-order valence-corrected chi connectivity index (χ1v) is 19.9. The molecular weight excluding hydrogens is 757 g/mol. The van der Waals surface area contributed by atoms with E-state index in [1.807, 2.05) is 122 Å². The average Bonchev–Trinajstić information content (AvgIpc) is 3.88. The largest absolute Gasteiger partial charge is 0.427 e. The lowest BCUT2D eigenvalue weighted by atomic mass is 9.77. The second-order valence-electron chi connectivity index (χ2n) is 15.9. The number of methoxy groups -OCH3 is 1. The summed E-state index contributed by atoms with van der Waals surface area (Å²) in [6.07, 6.45) is -0.692. The summed E-state index contributed by atoms with van der Waals surface area (Å²) in [6, 6.07) is 46.5. The number of tetrazole rings is 1. The Morgan fingerprint density at radius 2 is 1.30 bits per heavy atom. The van der Waals surface area contributed by atoms with Crippen LogP contribution in [-0.2, 0) is 29.3 Å². The Morgan fingerprint density at radius 1 is 0.767 bits per heavy atom. The third kappa shape index (κ3) is 7.79. The van der Waals surface area contributed by atoms with Gasteiger partial charge in [-0.2, -0.15) is 0 Å². The van der Waals surface area contributed by atoms with E-state index in [0.717, 1.165) is 33.4 Å². The van der Waals surface area contributed by atoms with Crippen LogP contribution in [0.15, 0.2) is 151 Å². The van der Waals surface area contributed by atoms with Crippen molar-refractivity contribution in [2.75, 3.05) is 25.4 Å². The molecule has 1 aliphatic rings. The molecule has 0 radical (unpaired) electrons. The molecule has 12 heteroatoms. The van der Waals surface area contributed by atoms with Crippen LogP contribution in [0.4, 0.5) is 5.69 Å². The Kier molecular flexibility index (Phi) is 12.0. The number of benzene rings is 5. The quantitative estimate of drug-likeness (QED) is 0.0636. The highest BCUT2D eigenvalue weighted by Crippen LogP contribution is 2.44. The molecule has 2 heterocycles. The third-order valence-corrected chi connectivity index (χ3v) is 10.7. The zero-order valence-electron chi connectivity index (χ0n) is 34.7. The summed E-state index contributed by atoms with van der Waals surface area (Å²) in [4.78, 5) is 28.2. The average molecular weight is 807 g/mol. The van der Waals surface area contributed by atoms with Crippen molar-refractivity contribution in [3.05, 3.63) is 168 Å². The zero-order chi connectivity index (χ0) is 42.5. The smallest absolute Gasteiger partial charge is 0.359 e. The number of hydrogen-bond acceptors (Lipinski definition) is 11. The molecule has 12 nitrogen and oxygen atoms in total. The van der Waals surface area contributed by atoms with E-state index < -0.39 is 41.5 Å². The molecule has 5 aromatic carbocycles. The van der Waals surface area contributed by atoms with Gasteiger partial charge in [0, 0.05) is 18.4 Å². The van der Waals surface area contributed by atoms with E-state index in [-0.39, 0.29) is 18.0 Å². The van der Waals surface area contributed by atoms with E-state index in [0.29, 0.717) is 17.9 Å². The first-order valence-electron chi connectivity index (χ1n) is 19.9. The van der Waals surface area contributed by atoms with Crippen LogP contribution in [0.2, 0.25) is 0 Å². The summed E-state index contributed by atoms with van der Waals surface area (Å²) in [5.74, 6) is -0.730. The molecule has 1 aromatic heterocycles. The van der Waals surface area contributed by atoms with Crippen LogP contribution < -0.4 is 10.2 Å². The molecular formula is C48H50N6O6. The van der Waals surface area contributed by atoms with Gasteiger partial charge in [0.05, 0.1) is 23.8 Å². The zero-order valence-corrected chi connectivity index (χ0v) is 34.7. The summed E-state index contributed by atoms with van der Waals surface area (Å²) in [7, 11) is 1.57. The second-order valence-corrected chi connectivity index (χ2v) is 15.9. The van der Waals surface area contributed by atoms with E-state index in [9.17, 15) is 14.7 Å². The van der Waals surface area contributed by atoms with Gasteiger partial charge in [-0.15, -0.1) is 5.10 Å². The molecule has 0 saturated carbocycles. The lowest BCUT2D eigenvalue weighted by Gasteiger charge is -2.37. The Labute approximate surface area is 350 Å². The minimum Gasteiger partial charge on any atom is -0.427 e. The fourth-order valence-corrected chi connectivity index (χ4v) is 7.84. The van der Waals surface area contributed by atoms with Crippen molar-refractivity contribution >= 4 is 17.6 Å². The predicted molar refractivity (Wildman–Crippen MR) is 229 cm³/mol. The summed E-state index contributed by atoms with van der Waals surface area (Å²) in [5.41, 5.74) is 3.75. The lowest BCUT2D eigenvalue weighted by molar-refractivity contribution is -0.171. The van der Waals surface area contributed by atoms with E-state index in [1.54, 1.807) is 32.8 Å². The number of aliphatic hydroxyl groups is 1. The molecule has 0 amide bonds. The Morgan fingerprint density at radius 3 is 1.82 bits per heavy atom. The van der Waals surface area contributed by atoms with Gasteiger partial charge in [0.25, 0.3) is 0 Å². The van der Waals surface area contributed by atoms with Gasteiger partial charge in [-0.3, -0.25) is 4.79 Å². The lowest BCUT2D eigenvalue weighted by Crippen LogP contribution is -2.55. The minimum absolute atomic E-state index is 0.0853. The first-order chi connectivity index (χ1) is 28.9. The van der Waals surface area contributed by atoms with Gasteiger partial charge in [-0.25, -0.2) is 9.48 Å². The Balaban J connectivity index is 1.32. The number of hydrogen-bond donors (Lipinski definition) is 2. The number of nitrogens with one attached hydrogen (secondary N) is 1. The van der Waals surface area contributed by atoms with Crippen LogP contribution in [-0.4, -0.2) is 69.5 Å². The SMILES string of the molecule is CCC(O)C1=C(C(=O)OCOC(=O)C(C)(C)C)N(c2ccc(-c3ccccc3-c3nnnn3C(c3ccccc3)(c3ccccc3)c3ccccc3)cc2)C(C)(COC)N1. The highest BCUT2D eigenvalue weighted by molar-refractivity contribution is 5.96. The van der Waals surface area contributed by atoms with Gasteiger partial charge < -0.3 is 29.5 Å². The Bertz CT molecular complexity index is 2350. The van der Waals surface area contributed by atoms with Gasteiger partial charge in [-0.05, 0) is 84.5 Å². The third-order valence-electron chi connectivity index (χ3n) is 10.7. The fourth-order valence-electron chi connectivity index (χ4n) is 7.84. The molecule has 0 spiro atoms. The summed E-state index contributed by atoms with van der Waals surface area (Å²) >= 11 is 0. The number of rotatable bonds is 14. The van der Waals surface area contributed by atoms with Crippen molar-refractivity contribution in [3.8, 4) is 22.5 Å². The minimum atomic E-state index is -1.02. The van der Waals surface area contributed by atoms with Gasteiger partial charge in [0.15, 0.2) is 11.5 Å². The molecule has 2 unspecified atom stereocenters. The molecule has 1 aliphatic heterocycles. The van der Waals surface area contributed by atoms with Crippen LogP contribution >= 0.6 is 0 Å². The van der Waals surface area contributed by atoms with Crippen LogP contribution in [0.5, 0.6) is 0 Å². The highest BCUT2D eigenvalue weighted by Gasteiger charge is 2.47. The number of nitrogens with zero attached hydrogens (tertiary/aromatic N) is 5. The van der Waals surface area contributed by atoms with Gasteiger partial charge in [-0.1, -0.05) is 134 Å². The Hall–Kier alpha value is -6.63.